The number of thioether (sulfide) groups is 1. The van der Waals surface area contributed by atoms with E-state index in [-0.39, 0.29) is 5.56 Å². The third kappa shape index (κ3) is 3.83. The Morgan fingerprint density at radius 1 is 1.36 bits per heavy atom. The standard InChI is InChI=1S/C20H20ClN3O3S/c1-26-18-5-3-12(9-15(18)21)17-6-4-13(27-17)10-24-8-7-16-14(11-24)19(25)23-20(22-16)28-2/h3-6,9H,7-8,10-11H2,1-2H3,(H,22,23,25). The fourth-order valence-corrected chi connectivity index (χ4v) is 4.00. The van der Waals surface area contributed by atoms with Crippen LogP contribution in [-0.2, 0) is 19.5 Å². The van der Waals surface area contributed by atoms with Crippen molar-refractivity contribution in [3.63, 3.8) is 0 Å². The van der Waals surface area contributed by atoms with Crippen molar-refractivity contribution in [3.05, 3.63) is 62.7 Å². The zero-order valence-corrected chi connectivity index (χ0v) is 17.2. The molecule has 0 spiro atoms. The van der Waals surface area contributed by atoms with Gasteiger partial charge in [0, 0.05) is 25.1 Å². The normalized spacial score (nSPS) is 14.1. The molecule has 146 valence electrons. The number of benzene rings is 1. The van der Waals surface area contributed by atoms with Crippen LogP contribution in [0.2, 0.25) is 5.02 Å². The Labute approximate surface area is 171 Å². The summed E-state index contributed by atoms with van der Waals surface area (Å²) in [6, 6.07) is 9.46. The maximum atomic E-state index is 12.3. The van der Waals surface area contributed by atoms with Crippen LogP contribution in [0.25, 0.3) is 11.3 Å². The topological polar surface area (TPSA) is 71.4 Å². The number of hydrogen-bond donors (Lipinski definition) is 1. The highest BCUT2D eigenvalue weighted by Crippen LogP contribution is 2.31. The van der Waals surface area contributed by atoms with Crippen molar-refractivity contribution in [3.8, 4) is 17.1 Å². The van der Waals surface area contributed by atoms with E-state index in [4.69, 9.17) is 20.8 Å². The van der Waals surface area contributed by atoms with E-state index in [0.717, 1.165) is 41.3 Å². The monoisotopic (exact) mass is 417 g/mol. The highest BCUT2D eigenvalue weighted by molar-refractivity contribution is 7.98. The Morgan fingerprint density at radius 3 is 2.96 bits per heavy atom. The maximum Gasteiger partial charge on any atom is 0.256 e. The van der Waals surface area contributed by atoms with Crippen LogP contribution in [0, 0.1) is 0 Å². The molecule has 1 aliphatic heterocycles. The van der Waals surface area contributed by atoms with Crippen LogP contribution in [-0.4, -0.2) is 34.8 Å². The van der Waals surface area contributed by atoms with Crippen molar-refractivity contribution in [1.82, 2.24) is 14.9 Å². The highest BCUT2D eigenvalue weighted by Gasteiger charge is 2.22. The Hall–Kier alpha value is -2.22. The number of methoxy groups -OCH3 is 1. The third-order valence-electron chi connectivity index (χ3n) is 4.80. The molecular weight excluding hydrogens is 398 g/mol. The van der Waals surface area contributed by atoms with Gasteiger partial charge in [-0.25, -0.2) is 4.98 Å². The van der Waals surface area contributed by atoms with Gasteiger partial charge in [-0.15, -0.1) is 0 Å². The molecule has 1 N–H and O–H groups in total. The number of nitrogens with zero attached hydrogens (tertiary/aromatic N) is 2. The number of hydrogen-bond acceptors (Lipinski definition) is 6. The van der Waals surface area contributed by atoms with E-state index < -0.39 is 0 Å². The number of aromatic nitrogens is 2. The second-order valence-corrected chi connectivity index (χ2v) is 7.78. The van der Waals surface area contributed by atoms with Crippen molar-refractivity contribution in [2.45, 2.75) is 24.7 Å². The molecule has 8 heteroatoms. The van der Waals surface area contributed by atoms with Crippen LogP contribution in [0.1, 0.15) is 17.0 Å². The zero-order chi connectivity index (χ0) is 19.7. The van der Waals surface area contributed by atoms with E-state index in [1.165, 1.54) is 11.8 Å². The summed E-state index contributed by atoms with van der Waals surface area (Å²) in [6.07, 6.45) is 2.67. The molecule has 0 unspecified atom stereocenters. The number of H-pyrrole nitrogens is 1. The van der Waals surface area contributed by atoms with E-state index in [2.05, 4.69) is 14.9 Å². The average Bonchev–Trinajstić information content (AvgIpc) is 3.16. The predicted octanol–water partition coefficient (Wildman–Crippen LogP) is 3.97. The van der Waals surface area contributed by atoms with Crippen molar-refractivity contribution in [2.24, 2.45) is 0 Å². The quantitative estimate of drug-likeness (QED) is 0.500. The predicted molar refractivity (Wildman–Crippen MR) is 110 cm³/mol. The molecule has 0 saturated heterocycles. The lowest BCUT2D eigenvalue weighted by Crippen LogP contribution is -2.35. The molecule has 4 rings (SSSR count). The van der Waals surface area contributed by atoms with Crippen LogP contribution >= 0.6 is 23.4 Å². The molecule has 0 amide bonds. The van der Waals surface area contributed by atoms with Crippen LogP contribution in [0.15, 0.2) is 44.7 Å². The Kier molecular flexibility index (Phi) is 5.48. The Morgan fingerprint density at radius 2 is 2.21 bits per heavy atom. The summed E-state index contributed by atoms with van der Waals surface area (Å²) in [5, 5.41) is 1.22. The van der Waals surface area contributed by atoms with Crippen LogP contribution < -0.4 is 10.3 Å². The molecule has 0 radical (unpaired) electrons. The van der Waals surface area contributed by atoms with Crippen LogP contribution in [0.3, 0.4) is 0 Å². The van der Waals surface area contributed by atoms with Gasteiger partial charge in [-0.3, -0.25) is 9.69 Å². The molecule has 2 aromatic heterocycles. The fourth-order valence-electron chi connectivity index (χ4n) is 3.35. The van der Waals surface area contributed by atoms with Gasteiger partial charge in [-0.2, -0.15) is 0 Å². The number of fused-ring (bicyclic) bond motifs is 1. The van der Waals surface area contributed by atoms with Crippen LogP contribution in [0.5, 0.6) is 5.75 Å². The molecule has 0 bridgehead atoms. The first-order chi connectivity index (χ1) is 13.6. The second kappa shape index (κ2) is 8.03. The van der Waals surface area contributed by atoms with E-state index in [0.29, 0.717) is 29.0 Å². The molecule has 28 heavy (non-hydrogen) atoms. The Balaban J connectivity index is 1.49. The highest BCUT2D eigenvalue weighted by atomic mass is 35.5. The zero-order valence-electron chi connectivity index (χ0n) is 15.6. The second-order valence-electron chi connectivity index (χ2n) is 6.58. The average molecular weight is 418 g/mol. The summed E-state index contributed by atoms with van der Waals surface area (Å²) in [5.74, 6) is 2.23. The van der Waals surface area contributed by atoms with Gasteiger partial charge in [-0.1, -0.05) is 23.4 Å². The number of aromatic amines is 1. The molecule has 3 heterocycles. The van der Waals surface area contributed by atoms with Crippen LogP contribution in [0.4, 0.5) is 0 Å². The minimum absolute atomic E-state index is 0.0490. The molecule has 1 aliphatic rings. The number of halogens is 1. The lowest BCUT2D eigenvalue weighted by atomic mass is 10.1. The first-order valence-corrected chi connectivity index (χ1v) is 10.5. The van der Waals surface area contributed by atoms with Gasteiger partial charge >= 0.3 is 0 Å². The van der Waals surface area contributed by atoms with Gasteiger partial charge in [0.05, 0.1) is 29.9 Å². The van der Waals surface area contributed by atoms with Crippen molar-refractivity contribution < 1.29 is 9.15 Å². The van der Waals surface area contributed by atoms with E-state index in [9.17, 15) is 4.79 Å². The molecule has 0 atom stereocenters. The summed E-state index contributed by atoms with van der Waals surface area (Å²) in [7, 11) is 1.59. The molecule has 3 aromatic rings. The molecule has 1 aromatic carbocycles. The minimum atomic E-state index is -0.0490. The fraction of sp³-hybridized carbons (Fsp3) is 0.300. The lowest BCUT2D eigenvalue weighted by molar-refractivity contribution is 0.222. The van der Waals surface area contributed by atoms with E-state index in [1.54, 1.807) is 7.11 Å². The Bertz CT molecular complexity index is 1060. The van der Waals surface area contributed by atoms with Crippen molar-refractivity contribution in [2.75, 3.05) is 19.9 Å². The van der Waals surface area contributed by atoms with Crippen molar-refractivity contribution >= 4 is 23.4 Å². The number of furan rings is 1. The van der Waals surface area contributed by atoms with Gasteiger partial charge in [0.2, 0.25) is 0 Å². The van der Waals surface area contributed by atoms with Gasteiger partial charge in [0.15, 0.2) is 5.16 Å². The largest absolute Gasteiger partial charge is 0.495 e. The minimum Gasteiger partial charge on any atom is -0.495 e. The maximum absolute atomic E-state index is 12.3. The summed E-state index contributed by atoms with van der Waals surface area (Å²) in [4.78, 5) is 21.9. The summed E-state index contributed by atoms with van der Waals surface area (Å²) in [6.45, 7) is 2.03. The summed E-state index contributed by atoms with van der Waals surface area (Å²) in [5.41, 5.74) is 2.49. The SMILES string of the molecule is COc1ccc(-c2ccc(CN3CCc4nc(SC)[nH]c(=O)c4C3)o2)cc1Cl. The summed E-state index contributed by atoms with van der Waals surface area (Å²) >= 11 is 7.66. The molecule has 0 aliphatic carbocycles. The third-order valence-corrected chi connectivity index (χ3v) is 5.67. The number of ether oxygens (including phenoxy) is 1. The first-order valence-electron chi connectivity index (χ1n) is 8.88. The van der Waals surface area contributed by atoms with Gasteiger partial charge in [0.25, 0.3) is 5.56 Å². The van der Waals surface area contributed by atoms with Gasteiger partial charge in [0.1, 0.15) is 17.3 Å². The molecule has 0 saturated carbocycles. The van der Waals surface area contributed by atoms with E-state index >= 15 is 0 Å². The van der Waals surface area contributed by atoms with Gasteiger partial charge < -0.3 is 14.1 Å². The lowest BCUT2D eigenvalue weighted by Gasteiger charge is -2.26. The number of nitrogens with one attached hydrogen (secondary N) is 1. The van der Waals surface area contributed by atoms with Crippen molar-refractivity contribution in [1.29, 1.82) is 0 Å². The smallest absolute Gasteiger partial charge is 0.256 e. The van der Waals surface area contributed by atoms with Gasteiger partial charge in [-0.05, 0) is 36.6 Å². The number of rotatable bonds is 5. The summed E-state index contributed by atoms with van der Waals surface area (Å²) < 4.78 is 11.2. The molecule has 6 nitrogen and oxygen atoms in total. The molecular formula is C20H20ClN3O3S. The first kappa shape index (κ1) is 19.1. The van der Waals surface area contributed by atoms with E-state index in [1.807, 2.05) is 36.6 Å². The molecule has 0 fully saturated rings.